The van der Waals surface area contributed by atoms with E-state index in [0.717, 1.165) is 12.8 Å². The Morgan fingerprint density at radius 3 is 2.53 bits per heavy atom. The van der Waals surface area contributed by atoms with Gasteiger partial charge < -0.3 is 9.64 Å². The van der Waals surface area contributed by atoms with E-state index >= 15 is 0 Å². The fourth-order valence-electron chi connectivity index (χ4n) is 3.98. The lowest BCUT2D eigenvalue weighted by molar-refractivity contribution is -0.131. The van der Waals surface area contributed by atoms with Gasteiger partial charge in [-0.05, 0) is 59.4 Å². The summed E-state index contributed by atoms with van der Waals surface area (Å²) in [6.45, 7) is 8.68. The molecule has 1 saturated heterocycles. The van der Waals surface area contributed by atoms with E-state index in [1.54, 1.807) is 22.9 Å². The highest BCUT2D eigenvalue weighted by molar-refractivity contribution is 7.15. The molecule has 1 fully saturated rings. The molecule has 1 unspecified atom stereocenters. The van der Waals surface area contributed by atoms with Crippen molar-refractivity contribution in [1.82, 2.24) is 4.90 Å². The summed E-state index contributed by atoms with van der Waals surface area (Å²) >= 11 is 1.21. The van der Waals surface area contributed by atoms with Crippen LogP contribution in [0.4, 0.5) is 5.69 Å². The van der Waals surface area contributed by atoms with Crippen LogP contribution in [0.2, 0.25) is 0 Å². The molecule has 32 heavy (non-hydrogen) atoms. The first kappa shape index (κ1) is 24.1. The summed E-state index contributed by atoms with van der Waals surface area (Å²) in [6, 6.07) is 1.14. The van der Waals surface area contributed by atoms with Gasteiger partial charge >= 0.3 is 5.97 Å². The average Bonchev–Trinajstić information content (AvgIpc) is 3.31. The van der Waals surface area contributed by atoms with Crippen LogP contribution < -0.4 is 4.90 Å². The van der Waals surface area contributed by atoms with Crippen molar-refractivity contribution >= 4 is 34.8 Å². The van der Waals surface area contributed by atoms with Crippen LogP contribution in [0.3, 0.4) is 0 Å². The molecular weight excluding hydrogens is 424 g/mol. The van der Waals surface area contributed by atoms with E-state index in [9.17, 15) is 14.4 Å². The molecule has 0 spiro atoms. The van der Waals surface area contributed by atoms with Crippen LogP contribution in [-0.4, -0.2) is 49.4 Å². The Hall–Kier alpha value is -2.59. The maximum absolute atomic E-state index is 13.8. The molecule has 1 aliphatic carbocycles. The predicted molar refractivity (Wildman–Crippen MR) is 127 cm³/mol. The quantitative estimate of drug-likeness (QED) is 0.386. The highest BCUT2D eigenvalue weighted by atomic mass is 32.1. The van der Waals surface area contributed by atoms with Gasteiger partial charge in [0.15, 0.2) is 0 Å². The normalized spacial score (nSPS) is 21.0. The van der Waals surface area contributed by atoms with Crippen molar-refractivity contribution in [2.75, 3.05) is 25.6 Å². The number of carbonyl (C=O) groups excluding carboxylic acids is 3. The minimum Gasteiger partial charge on any atom is -0.465 e. The molecule has 1 aromatic rings. The minimum absolute atomic E-state index is 0.106. The molecule has 1 aromatic heterocycles. The smallest absolute Gasteiger partial charge is 0.350 e. The lowest BCUT2D eigenvalue weighted by Gasteiger charge is -2.32. The van der Waals surface area contributed by atoms with Gasteiger partial charge in [0.25, 0.3) is 0 Å². The number of carbonyl (C=O) groups is 3. The zero-order valence-electron chi connectivity index (χ0n) is 19.8. The second kappa shape index (κ2) is 9.50. The summed E-state index contributed by atoms with van der Waals surface area (Å²) in [5.41, 5.74) is 1.51. The molecule has 0 saturated carbocycles. The van der Waals surface area contributed by atoms with E-state index in [4.69, 9.17) is 4.74 Å². The van der Waals surface area contributed by atoms with E-state index < -0.39 is 12.0 Å². The molecule has 1 aliphatic heterocycles. The van der Waals surface area contributed by atoms with Gasteiger partial charge in [0.1, 0.15) is 10.9 Å². The Morgan fingerprint density at radius 1 is 1.28 bits per heavy atom. The third kappa shape index (κ3) is 5.24. The fraction of sp³-hybridized carbons (Fsp3) is 0.560. The minimum atomic E-state index is -0.624. The second-order valence-corrected chi connectivity index (χ2v) is 10.7. The largest absolute Gasteiger partial charge is 0.465 e. The third-order valence-corrected chi connectivity index (χ3v) is 6.86. The van der Waals surface area contributed by atoms with E-state index in [-0.39, 0.29) is 23.1 Å². The van der Waals surface area contributed by atoms with Gasteiger partial charge in [-0.15, -0.1) is 11.3 Å². The van der Waals surface area contributed by atoms with Gasteiger partial charge in [0.2, 0.25) is 11.8 Å². The van der Waals surface area contributed by atoms with Crippen molar-refractivity contribution in [3.05, 3.63) is 27.5 Å². The number of likely N-dealkylation sites (N-methyl/N-ethyl adjacent to an activating group) is 1. The van der Waals surface area contributed by atoms with E-state index in [1.165, 1.54) is 24.0 Å². The van der Waals surface area contributed by atoms with Crippen molar-refractivity contribution in [2.24, 2.45) is 11.3 Å². The first-order valence-corrected chi connectivity index (χ1v) is 11.8. The Morgan fingerprint density at radius 2 is 2.00 bits per heavy atom. The van der Waals surface area contributed by atoms with Crippen LogP contribution in [0.25, 0.3) is 0 Å². The SMILES string of the molecule is COC(=O)c1sc(C#CC(C)(C)C)cc1N(C(=O)C1CC=C(C)CC1)[C@H]1CCN(C)C1=O. The molecule has 2 heterocycles. The molecule has 0 bridgehead atoms. The summed E-state index contributed by atoms with van der Waals surface area (Å²) in [5.74, 6) is 5.36. The van der Waals surface area contributed by atoms with Crippen LogP contribution >= 0.6 is 11.3 Å². The lowest BCUT2D eigenvalue weighted by Crippen LogP contribution is -2.48. The van der Waals surface area contributed by atoms with Gasteiger partial charge in [-0.1, -0.05) is 23.5 Å². The summed E-state index contributed by atoms with van der Waals surface area (Å²) < 4.78 is 5.02. The van der Waals surface area contributed by atoms with Gasteiger partial charge in [-0.3, -0.25) is 14.5 Å². The monoisotopic (exact) mass is 456 g/mol. The maximum atomic E-state index is 13.8. The van der Waals surface area contributed by atoms with Gasteiger partial charge in [-0.2, -0.15) is 0 Å². The van der Waals surface area contributed by atoms with Crippen LogP contribution in [0, 0.1) is 23.2 Å². The number of allylic oxidation sites excluding steroid dienone is 2. The number of hydrogen-bond acceptors (Lipinski definition) is 5. The molecule has 6 nitrogen and oxygen atoms in total. The summed E-state index contributed by atoms with van der Waals surface area (Å²) in [4.78, 5) is 43.6. The molecule has 0 aromatic carbocycles. The van der Waals surface area contributed by atoms with E-state index in [0.29, 0.717) is 34.8 Å². The number of anilines is 1. The van der Waals surface area contributed by atoms with Crippen molar-refractivity contribution in [2.45, 2.75) is 59.4 Å². The maximum Gasteiger partial charge on any atom is 0.350 e. The Bertz CT molecular complexity index is 1010. The molecule has 0 N–H and O–H groups in total. The van der Waals surface area contributed by atoms with Crippen LogP contribution in [-0.2, 0) is 14.3 Å². The number of esters is 1. The summed E-state index contributed by atoms with van der Waals surface area (Å²) in [6.07, 6.45) is 4.87. The lowest BCUT2D eigenvalue weighted by atomic mass is 9.88. The van der Waals surface area contributed by atoms with Crippen molar-refractivity contribution in [3.63, 3.8) is 0 Å². The van der Waals surface area contributed by atoms with E-state index in [1.807, 2.05) is 20.8 Å². The van der Waals surface area contributed by atoms with Gasteiger partial charge in [0, 0.05) is 24.9 Å². The van der Waals surface area contributed by atoms with E-state index in [2.05, 4.69) is 24.8 Å². The molecule has 3 rings (SSSR count). The zero-order chi connectivity index (χ0) is 23.6. The van der Waals surface area contributed by atoms with Crippen LogP contribution in [0.1, 0.15) is 67.9 Å². The Balaban J connectivity index is 2.09. The average molecular weight is 457 g/mol. The molecule has 2 aliphatic rings. The number of methoxy groups -OCH3 is 1. The summed E-state index contributed by atoms with van der Waals surface area (Å²) in [5, 5.41) is 0. The highest BCUT2D eigenvalue weighted by Gasteiger charge is 2.41. The number of nitrogens with zero attached hydrogens (tertiary/aromatic N) is 2. The molecule has 0 radical (unpaired) electrons. The Kier molecular flexibility index (Phi) is 7.14. The van der Waals surface area contributed by atoms with Crippen LogP contribution in [0.5, 0.6) is 0 Å². The topological polar surface area (TPSA) is 66.9 Å². The first-order chi connectivity index (χ1) is 15.0. The molecule has 2 atom stereocenters. The molecular formula is C25H32N2O4S. The number of thiophene rings is 1. The highest BCUT2D eigenvalue weighted by Crippen LogP contribution is 2.37. The molecule has 7 heteroatoms. The van der Waals surface area contributed by atoms with Crippen molar-refractivity contribution < 1.29 is 19.1 Å². The van der Waals surface area contributed by atoms with Crippen molar-refractivity contribution in [3.8, 4) is 11.8 Å². The number of amides is 2. The van der Waals surface area contributed by atoms with Crippen molar-refractivity contribution in [1.29, 1.82) is 0 Å². The number of rotatable bonds is 4. The number of hydrogen-bond donors (Lipinski definition) is 0. The molecule has 172 valence electrons. The zero-order valence-corrected chi connectivity index (χ0v) is 20.6. The first-order valence-electron chi connectivity index (χ1n) is 11.0. The van der Waals surface area contributed by atoms with Crippen LogP contribution in [0.15, 0.2) is 17.7 Å². The standard InChI is InChI=1S/C25H32N2O4S/c1-16-7-9-17(10-8-16)22(28)27(19-12-14-26(5)23(19)29)20-15-18(11-13-25(2,3)4)32-21(20)24(30)31-6/h7,15,17,19H,8-10,12,14H2,1-6H3/t17?,19-/m0/s1. The molecule has 2 amide bonds. The predicted octanol–water partition coefficient (Wildman–Crippen LogP) is 4.24. The number of likely N-dealkylation sites (tertiary alicyclic amines) is 1. The summed E-state index contributed by atoms with van der Waals surface area (Å²) in [7, 11) is 3.06. The Labute approximate surface area is 194 Å². The third-order valence-electron chi connectivity index (χ3n) is 5.84. The second-order valence-electron chi connectivity index (χ2n) is 9.61. The number of ether oxygens (including phenoxy) is 1. The fourth-order valence-corrected chi connectivity index (χ4v) is 4.90. The van der Waals surface area contributed by atoms with Gasteiger partial charge in [-0.25, -0.2) is 4.79 Å². The van der Waals surface area contributed by atoms with Gasteiger partial charge in [0.05, 0.1) is 17.7 Å².